The minimum atomic E-state index is -1.09. The number of nitrogens with one attached hydrogen (secondary N) is 3. The molecule has 0 atom stereocenters. The summed E-state index contributed by atoms with van der Waals surface area (Å²) in [5, 5.41) is 14.3. The predicted molar refractivity (Wildman–Crippen MR) is 137 cm³/mol. The molecule has 186 valence electrons. The third-order valence-corrected chi connectivity index (χ3v) is 8.26. The number of alkyl halides is 1. The van der Waals surface area contributed by atoms with Gasteiger partial charge in [-0.3, -0.25) is 9.89 Å². The Morgan fingerprint density at radius 3 is 2.50 bits per heavy atom. The van der Waals surface area contributed by atoms with Gasteiger partial charge < -0.3 is 15.5 Å². The van der Waals surface area contributed by atoms with Crippen molar-refractivity contribution in [3.63, 3.8) is 0 Å². The minimum Gasteiger partial charge on any atom is -0.350 e. The first-order chi connectivity index (χ1) is 17.5. The van der Waals surface area contributed by atoms with Crippen molar-refractivity contribution in [1.29, 1.82) is 0 Å². The highest BCUT2D eigenvalue weighted by Crippen LogP contribution is 2.48. The van der Waals surface area contributed by atoms with Gasteiger partial charge in [0.05, 0.1) is 13.1 Å². The molecule has 10 heteroatoms. The zero-order valence-electron chi connectivity index (χ0n) is 19.8. The SMILES string of the molecule is O=C(Nc1ccc(Sc2nc(Nc3cc(C4CC4)[nH]n3)cc(N3CC(F)(C4CC4)C3)n2)cc1)C1CC1. The highest BCUT2D eigenvalue weighted by Gasteiger charge is 2.54. The monoisotopic (exact) mass is 505 g/mol. The molecule has 3 aromatic rings. The molecule has 7 rings (SSSR count). The number of benzene rings is 1. The summed E-state index contributed by atoms with van der Waals surface area (Å²) in [6.45, 7) is 0.754. The normalized spacial score (nSPS) is 20.6. The average molecular weight is 506 g/mol. The lowest BCUT2D eigenvalue weighted by Crippen LogP contribution is -2.60. The Bertz CT molecular complexity index is 1290. The predicted octanol–water partition coefficient (Wildman–Crippen LogP) is 5.26. The van der Waals surface area contributed by atoms with Crippen LogP contribution in [0.15, 0.2) is 46.5 Å². The molecule has 1 aromatic carbocycles. The Morgan fingerprint density at radius 1 is 1.03 bits per heavy atom. The molecule has 1 aliphatic heterocycles. The number of hydrogen-bond donors (Lipinski definition) is 3. The van der Waals surface area contributed by atoms with E-state index in [0.717, 1.165) is 53.6 Å². The van der Waals surface area contributed by atoms with E-state index in [1.807, 2.05) is 41.3 Å². The number of carbonyl (C=O) groups is 1. The molecule has 3 N–H and O–H groups in total. The van der Waals surface area contributed by atoms with E-state index in [0.29, 0.717) is 30.0 Å². The number of aromatic nitrogens is 4. The molecule has 0 radical (unpaired) electrons. The summed E-state index contributed by atoms with van der Waals surface area (Å²) in [7, 11) is 0. The molecule has 4 aliphatic rings. The Morgan fingerprint density at radius 2 is 1.81 bits per heavy atom. The lowest BCUT2D eigenvalue weighted by molar-refractivity contribution is -0.117. The fourth-order valence-electron chi connectivity index (χ4n) is 4.73. The highest BCUT2D eigenvalue weighted by molar-refractivity contribution is 7.99. The van der Waals surface area contributed by atoms with E-state index in [1.165, 1.54) is 24.6 Å². The molecule has 1 amide bonds. The fourth-order valence-corrected chi connectivity index (χ4v) is 5.50. The first-order valence-electron chi connectivity index (χ1n) is 12.7. The second-order valence-electron chi connectivity index (χ2n) is 10.6. The van der Waals surface area contributed by atoms with Gasteiger partial charge >= 0.3 is 0 Å². The summed E-state index contributed by atoms with van der Waals surface area (Å²) < 4.78 is 15.0. The van der Waals surface area contributed by atoms with Crippen molar-refractivity contribution in [2.24, 2.45) is 11.8 Å². The molecule has 0 unspecified atom stereocenters. The standard InChI is InChI=1S/C26H28FN7OS/c27-26(17-5-6-17)13-34(14-26)23-12-21(29-22-11-20(32-33-22)15-1-2-15)30-25(31-23)36-19-9-7-18(8-10-19)28-24(35)16-3-4-16/h7-12,15-17H,1-6,13-14H2,(H,28,35)(H2,29,30,31,32,33). The van der Waals surface area contributed by atoms with Crippen LogP contribution in [0.3, 0.4) is 0 Å². The Balaban J connectivity index is 1.10. The first kappa shape index (κ1) is 22.1. The van der Waals surface area contributed by atoms with Crippen LogP contribution >= 0.6 is 11.8 Å². The zero-order chi connectivity index (χ0) is 24.3. The second kappa shape index (κ2) is 8.47. The molecule has 3 heterocycles. The number of carbonyl (C=O) groups excluding carboxylic acids is 1. The smallest absolute Gasteiger partial charge is 0.227 e. The van der Waals surface area contributed by atoms with E-state index >= 15 is 4.39 Å². The summed E-state index contributed by atoms with van der Waals surface area (Å²) in [4.78, 5) is 24.4. The van der Waals surface area contributed by atoms with Crippen molar-refractivity contribution in [3.05, 3.63) is 42.1 Å². The van der Waals surface area contributed by atoms with Gasteiger partial charge in [-0.15, -0.1) is 0 Å². The number of aromatic amines is 1. The lowest BCUT2D eigenvalue weighted by atomic mass is 9.91. The van der Waals surface area contributed by atoms with Crippen molar-refractivity contribution in [1.82, 2.24) is 20.2 Å². The van der Waals surface area contributed by atoms with Crippen LogP contribution < -0.4 is 15.5 Å². The summed E-state index contributed by atoms with van der Waals surface area (Å²) in [5.41, 5.74) is 0.844. The molecule has 3 saturated carbocycles. The van der Waals surface area contributed by atoms with E-state index in [2.05, 4.69) is 20.8 Å². The molecule has 4 fully saturated rings. The van der Waals surface area contributed by atoms with Crippen LogP contribution in [0.2, 0.25) is 0 Å². The van der Waals surface area contributed by atoms with E-state index in [-0.39, 0.29) is 17.7 Å². The third kappa shape index (κ3) is 4.66. The van der Waals surface area contributed by atoms with E-state index < -0.39 is 5.67 Å². The van der Waals surface area contributed by atoms with Gasteiger partial charge in [0.1, 0.15) is 17.3 Å². The van der Waals surface area contributed by atoms with Gasteiger partial charge in [0, 0.05) is 40.2 Å². The van der Waals surface area contributed by atoms with Crippen molar-refractivity contribution < 1.29 is 9.18 Å². The van der Waals surface area contributed by atoms with Gasteiger partial charge in [0.2, 0.25) is 5.91 Å². The van der Waals surface area contributed by atoms with Gasteiger partial charge in [-0.1, -0.05) is 0 Å². The first-order valence-corrected chi connectivity index (χ1v) is 13.6. The van der Waals surface area contributed by atoms with Crippen LogP contribution in [0.4, 0.5) is 27.5 Å². The van der Waals surface area contributed by atoms with Crippen molar-refractivity contribution in [2.75, 3.05) is 28.6 Å². The largest absolute Gasteiger partial charge is 0.350 e. The Labute approximate surface area is 212 Å². The van der Waals surface area contributed by atoms with Gasteiger partial charge in [-0.2, -0.15) is 5.10 Å². The number of amides is 1. The zero-order valence-corrected chi connectivity index (χ0v) is 20.7. The van der Waals surface area contributed by atoms with Gasteiger partial charge in [-0.05, 0) is 80.5 Å². The molecular weight excluding hydrogens is 477 g/mol. The molecular formula is C26H28FN7OS. The van der Waals surface area contributed by atoms with Crippen LogP contribution in [0, 0.1) is 11.8 Å². The number of H-pyrrole nitrogens is 1. The minimum absolute atomic E-state index is 0.0926. The van der Waals surface area contributed by atoms with Gasteiger partial charge in [-0.25, -0.2) is 14.4 Å². The fraction of sp³-hybridized carbons (Fsp3) is 0.462. The molecule has 3 aliphatic carbocycles. The maximum absolute atomic E-state index is 15.0. The Kier molecular flexibility index (Phi) is 5.20. The number of anilines is 4. The number of nitrogens with zero attached hydrogens (tertiary/aromatic N) is 4. The lowest BCUT2D eigenvalue weighted by Gasteiger charge is -2.45. The molecule has 2 aromatic heterocycles. The van der Waals surface area contributed by atoms with Crippen molar-refractivity contribution in [2.45, 2.75) is 60.2 Å². The number of hydrogen-bond acceptors (Lipinski definition) is 7. The summed E-state index contributed by atoms with van der Waals surface area (Å²) in [6.07, 6.45) is 6.33. The molecule has 0 spiro atoms. The Hall–Kier alpha value is -3.14. The van der Waals surface area contributed by atoms with Crippen LogP contribution in [0.5, 0.6) is 0 Å². The van der Waals surface area contributed by atoms with E-state index in [1.54, 1.807) is 0 Å². The molecule has 1 saturated heterocycles. The molecule has 0 bridgehead atoms. The maximum Gasteiger partial charge on any atom is 0.227 e. The molecule has 8 nitrogen and oxygen atoms in total. The average Bonchev–Trinajstić information content (AvgIpc) is 3.71. The van der Waals surface area contributed by atoms with Crippen LogP contribution in [-0.4, -0.2) is 44.8 Å². The maximum atomic E-state index is 15.0. The second-order valence-corrected chi connectivity index (χ2v) is 11.6. The van der Waals surface area contributed by atoms with E-state index in [4.69, 9.17) is 9.97 Å². The van der Waals surface area contributed by atoms with Gasteiger partial charge in [0.15, 0.2) is 11.0 Å². The number of halogens is 1. The van der Waals surface area contributed by atoms with E-state index in [9.17, 15) is 4.79 Å². The third-order valence-electron chi connectivity index (χ3n) is 7.38. The molecule has 36 heavy (non-hydrogen) atoms. The van der Waals surface area contributed by atoms with Crippen LogP contribution in [0.25, 0.3) is 0 Å². The highest BCUT2D eigenvalue weighted by atomic mass is 32.2. The van der Waals surface area contributed by atoms with Crippen LogP contribution in [-0.2, 0) is 4.79 Å². The topological polar surface area (TPSA) is 98.8 Å². The summed E-state index contributed by atoms with van der Waals surface area (Å²) >= 11 is 1.44. The summed E-state index contributed by atoms with van der Waals surface area (Å²) in [5.74, 6) is 3.11. The quantitative estimate of drug-likeness (QED) is 0.341. The summed E-state index contributed by atoms with van der Waals surface area (Å²) in [6, 6.07) is 11.6. The van der Waals surface area contributed by atoms with Crippen LogP contribution in [0.1, 0.15) is 50.1 Å². The number of rotatable bonds is 9. The van der Waals surface area contributed by atoms with Crippen molar-refractivity contribution >= 4 is 40.8 Å². The van der Waals surface area contributed by atoms with Crippen molar-refractivity contribution in [3.8, 4) is 0 Å². The van der Waals surface area contributed by atoms with Gasteiger partial charge in [0.25, 0.3) is 0 Å².